The molecule has 0 aliphatic heterocycles. The molecule has 1 atom stereocenters. The van der Waals surface area contributed by atoms with Crippen molar-refractivity contribution >= 4 is 50.5 Å². The maximum absolute atomic E-state index is 13.2. The van der Waals surface area contributed by atoms with Gasteiger partial charge in [-0.05, 0) is 29.8 Å². The standard InChI is InChI=1S/C12H8BrCl2FOS/c13-7-1-6(2-8(16)4-7)3-10(17)9-5-11(14)18-12(9)15/h1-2,4-5,10,17H,3H2. The average Bonchev–Trinajstić information content (AvgIpc) is 2.56. The fourth-order valence-corrected chi connectivity index (χ4v) is 3.72. The van der Waals surface area contributed by atoms with Gasteiger partial charge in [-0.3, -0.25) is 0 Å². The van der Waals surface area contributed by atoms with Gasteiger partial charge in [-0.2, -0.15) is 0 Å². The molecule has 0 bridgehead atoms. The Kier molecular flexibility index (Phi) is 4.67. The number of halogens is 4. The maximum atomic E-state index is 13.2. The summed E-state index contributed by atoms with van der Waals surface area (Å²) in [5.41, 5.74) is 1.26. The molecule has 0 radical (unpaired) electrons. The SMILES string of the molecule is OC(Cc1cc(F)cc(Br)c1)c1cc(Cl)sc1Cl. The van der Waals surface area contributed by atoms with Crippen molar-refractivity contribution in [2.75, 3.05) is 0 Å². The maximum Gasteiger partial charge on any atom is 0.124 e. The Hall–Kier alpha value is -0.130. The minimum atomic E-state index is -0.796. The summed E-state index contributed by atoms with van der Waals surface area (Å²) in [4.78, 5) is 0. The van der Waals surface area contributed by atoms with Crippen LogP contribution in [-0.2, 0) is 6.42 Å². The van der Waals surface area contributed by atoms with E-state index in [-0.39, 0.29) is 12.2 Å². The van der Waals surface area contributed by atoms with Crippen LogP contribution < -0.4 is 0 Å². The minimum absolute atomic E-state index is 0.281. The van der Waals surface area contributed by atoms with Crippen molar-refractivity contribution < 1.29 is 9.50 Å². The van der Waals surface area contributed by atoms with Crippen molar-refractivity contribution in [3.05, 3.63) is 54.4 Å². The van der Waals surface area contributed by atoms with E-state index in [1.807, 2.05) is 0 Å². The summed E-state index contributed by atoms with van der Waals surface area (Å²) in [6, 6.07) is 6.14. The molecule has 96 valence electrons. The highest BCUT2D eigenvalue weighted by atomic mass is 79.9. The van der Waals surface area contributed by atoms with Crippen LogP contribution in [0.4, 0.5) is 4.39 Å². The van der Waals surface area contributed by atoms with Crippen LogP contribution in [0.5, 0.6) is 0 Å². The highest BCUT2D eigenvalue weighted by molar-refractivity contribution is 9.10. The Labute approximate surface area is 126 Å². The van der Waals surface area contributed by atoms with Crippen LogP contribution in [0.15, 0.2) is 28.7 Å². The summed E-state index contributed by atoms with van der Waals surface area (Å²) in [7, 11) is 0. The van der Waals surface area contributed by atoms with Gasteiger partial charge in [0.1, 0.15) is 10.2 Å². The number of hydrogen-bond acceptors (Lipinski definition) is 2. The zero-order valence-electron chi connectivity index (χ0n) is 8.96. The molecule has 1 aromatic heterocycles. The van der Waals surface area contributed by atoms with Crippen molar-refractivity contribution in [1.29, 1.82) is 0 Å². The van der Waals surface area contributed by atoms with Crippen LogP contribution in [0, 0.1) is 5.82 Å². The second-order valence-corrected chi connectivity index (χ2v) is 6.98. The van der Waals surface area contributed by atoms with E-state index in [1.54, 1.807) is 12.1 Å². The predicted octanol–water partition coefficient (Wildman–Crippen LogP) is 5.23. The fraction of sp³-hybridized carbons (Fsp3) is 0.167. The van der Waals surface area contributed by atoms with Crippen molar-refractivity contribution in [2.45, 2.75) is 12.5 Å². The van der Waals surface area contributed by atoms with E-state index in [9.17, 15) is 9.50 Å². The van der Waals surface area contributed by atoms with Gasteiger partial charge in [-0.25, -0.2) is 4.39 Å². The van der Waals surface area contributed by atoms with E-state index >= 15 is 0 Å². The number of aliphatic hydroxyl groups excluding tert-OH is 1. The molecule has 0 saturated carbocycles. The van der Waals surface area contributed by atoms with Gasteiger partial charge in [0.25, 0.3) is 0 Å². The van der Waals surface area contributed by atoms with Crippen molar-refractivity contribution in [1.82, 2.24) is 0 Å². The van der Waals surface area contributed by atoms with Crippen molar-refractivity contribution in [3.8, 4) is 0 Å². The molecule has 0 saturated heterocycles. The molecular weight excluding hydrogens is 362 g/mol. The highest BCUT2D eigenvalue weighted by Crippen LogP contribution is 2.36. The first-order valence-electron chi connectivity index (χ1n) is 5.03. The van der Waals surface area contributed by atoms with E-state index in [1.165, 1.54) is 23.5 Å². The lowest BCUT2D eigenvalue weighted by Gasteiger charge is -2.10. The van der Waals surface area contributed by atoms with Gasteiger partial charge in [0.2, 0.25) is 0 Å². The average molecular weight is 370 g/mol. The van der Waals surface area contributed by atoms with E-state index in [4.69, 9.17) is 23.2 Å². The minimum Gasteiger partial charge on any atom is -0.388 e. The van der Waals surface area contributed by atoms with E-state index in [0.717, 1.165) is 0 Å². The summed E-state index contributed by atoms with van der Waals surface area (Å²) in [6.07, 6.45) is -0.515. The lowest BCUT2D eigenvalue weighted by Crippen LogP contribution is -2.01. The van der Waals surface area contributed by atoms with Crippen LogP contribution in [0.25, 0.3) is 0 Å². The summed E-state index contributed by atoms with van der Waals surface area (Å²) in [5.74, 6) is -0.346. The first-order chi connectivity index (χ1) is 8.45. The summed E-state index contributed by atoms with van der Waals surface area (Å²) >= 11 is 16.2. The van der Waals surface area contributed by atoms with Gasteiger partial charge < -0.3 is 5.11 Å². The van der Waals surface area contributed by atoms with Gasteiger partial charge in [0, 0.05) is 16.5 Å². The molecule has 0 spiro atoms. The summed E-state index contributed by atoms with van der Waals surface area (Å²) < 4.78 is 14.8. The topological polar surface area (TPSA) is 20.2 Å². The number of benzene rings is 1. The molecule has 0 aliphatic carbocycles. The molecule has 6 heteroatoms. The first-order valence-corrected chi connectivity index (χ1v) is 7.40. The van der Waals surface area contributed by atoms with Crippen LogP contribution in [-0.4, -0.2) is 5.11 Å². The second kappa shape index (κ2) is 5.88. The molecule has 2 rings (SSSR count). The smallest absolute Gasteiger partial charge is 0.124 e. The monoisotopic (exact) mass is 368 g/mol. The second-order valence-electron chi connectivity index (χ2n) is 3.78. The Morgan fingerprint density at radius 3 is 2.56 bits per heavy atom. The predicted molar refractivity (Wildman–Crippen MR) is 77.1 cm³/mol. The number of thiophene rings is 1. The Balaban J connectivity index is 2.20. The molecule has 1 nitrogen and oxygen atoms in total. The largest absolute Gasteiger partial charge is 0.388 e. The fourth-order valence-electron chi connectivity index (χ4n) is 1.64. The molecular formula is C12H8BrCl2FOS. The van der Waals surface area contributed by atoms with Gasteiger partial charge in [-0.15, -0.1) is 11.3 Å². The van der Waals surface area contributed by atoms with Gasteiger partial charge in [-0.1, -0.05) is 39.1 Å². The highest BCUT2D eigenvalue weighted by Gasteiger charge is 2.16. The number of hydrogen-bond donors (Lipinski definition) is 1. The molecule has 0 fully saturated rings. The van der Waals surface area contributed by atoms with Crippen LogP contribution in [0.2, 0.25) is 8.67 Å². The third kappa shape index (κ3) is 3.45. The third-order valence-corrected chi connectivity index (χ3v) is 4.37. The zero-order chi connectivity index (χ0) is 13.3. The van der Waals surface area contributed by atoms with Gasteiger partial charge in [0.15, 0.2) is 0 Å². The molecule has 1 N–H and O–H groups in total. The van der Waals surface area contributed by atoms with Gasteiger partial charge in [0.05, 0.1) is 10.4 Å². The van der Waals surface area contributed by atoms with Crippen LogP contribution in [0.1, 0.15) is 17.2 Å². The molecule has 1 heterocycles. The summed E-state index contributed by atoms with van der Waals surface area (Å²) in [5, 5.41) is 10.1. The number of rotatable bonds is 3. The molecule has 1 unspecified atom stereocenters. The Morgan fingerprint density at radius 2 is 2.00 bits per heavy atom. The summed E-state index contributed by atoms with van der Waals surface area (Å²) in [6.45, 7) is 0. The molecule has 0 amide bonds. The van der Waals surface area contributed by atoms with Gasteiger partial charge >= 0.3 is 0 Å². The van der Waals surface area contributed by atoms with Crippen LogP contribution >= 0.6 is 50.5 Å². The van der Waals surface area contributed by atoms with Crippen molar-refractivity contribution in [2.24, 2.45) is 0 Å². The lowest BCUT2D eigenvalue weighted by molar-refractivity contribution is 0.179. The third-order valence-electron chi connectivity index (χ3n) is 2.39. The molecule has 2 aromatic rings. The van der Waals surface area contributed by atoms with Crippen molar-refractivity contribution in [3.63, 3.8) is 0 Å². The number of aliphatic hydroxyl groups is 1. The molecule has 0 aliphatic rings. The lowest BCUT2D eigenvalue weighted by atomic mass is 10.0. The Bertz CT molecular complexity index is 553. The Morgan fingerprint density at radius 1 is 1.28 bits per heavy atom. The van der Waals surface area contributed by atoms with E-state index < -0.39 is 6.10 Å². The quantitative estimate of drug-likeness (QED) is 0.784. The van der Waals surface area contributed by atoms with E-state index in [0.29, 0.717) is 24.3 Å². The van der Waals surface area contributed by atoms with E-state index in [2.05, 4.69) is 15.9 Å². The van der Waals surface area contributed by atoms with Crippen LogP contribution in [0.3, 0.4) is 0 Å². The molecule has 1 aromatic carbocycles. The molecule has 18 heavy (non-hydrogen) atoms. The first kappa shape index (κ1) is 14.3. The zero-order valence-corrected chi connectivity index (χ0v) is 12.9. The normalized spacial score (nSPS) is 12.7.